The molecule has 0 bridgehead atoms. The monoisotopic (exact) mass is 272 g/mol. The topological polar surface area (TPSA) is 16.1 Å². The Morgan fingerprint density at radius 3 is 2.82 bits per heavy atom. The number of nitrogens with zero attached hydrogens (tertiary/aromatic N) is 2. The van der Waals surface area contributed by atoms with Crippen molar-refractivity contribution in [1.82, 2.24) is 9.88 Å². The van der Waals surface area contributed by atoms with Crippen LogP contribution in [0.3, 0.4) is 0 Å². The van der Waals surface area contributed by atoms with Crippen LogP contribution in [0.2, 0.25) is 0 Å². The van der Waals surface area contributed by atoms with Gasteiger partial charge in [-0.15, -0.1) is 22.9 Å². The molecule has 1 atom stereocenters. The second-order valence-electron chi connectivity index (χ2n) is 5.34. The summed E-state index contributed by atoms with van der Waals surface area (Å²) in [5, 5.41) is 3.33. The Morgan fingerprint density at radius 2 is 2.35 bits per heavy atom. The number of hydrogen-bond acceptors (Lipinski definition) is 3. The minimum absolute atomic E-state index is 0.313. The molecule has 0 aromatic carbocycles. The van der Waals surface area contributed by atoms with E-state index in [0.29, 0.717) is 17.5 Å². The van der Waals surface area contributed by atoms with Crippen LogP contribution < -0.4 is 0 Å². The minimum atomic E-state index is 0.313. The molecule has 2 heterocycles. The van der Waals surface area contributed by atoms with Crippen LogP contribution in [0.15, 0.2) is 5.38 Å². The van der Waals surface area contributed by atoms with Gasteiger partial charge < -0.3 is 0 Å². The molecule has 1 aliphatic heterocycles. The van der Waals surface area contributed by atoms with Gasteiger partial charge in [0.1, 0.15) is 5.01 Å². The third kappa shape index (κ3) is 2.67. The number of thiazole rings is 1. The van der Waals surface area contributed by atoms with Crippen LogP contribution in [0.25, 0.3) is 0 Å². The van der Waals surface area contributed by atoms with Gasteiger partial charge in [-0.05, 0) is 39.7 Å². The molecule has 1 aromatic heterocycles. The molecule has 1 unspecified atom stereocenters. The molecule has 0 N–H and O–H groups in total. The molecule has 0 radical (unpaired) electrons. The maximum Gasteiger partial charge on any atom is 0.110 e. The molecule has 0 aliphatic carbocycles. The molecule has 2 rings (SSSR count). The quantitative estimate of drug-likeness (QED) is 0.764. The van der Waals surface area contributed by atoms with Gasteiger partial charge in [-0.25, -0.2) is 4.98 Å². The molecular weight excluding hydrogens is 252 g/mol. The van der Waals surface area contributed by atoms with Crippen molar-refractivity contribution in [3.8, 4) is 0 Å². The summed E-state index contributed by atoms with van der Waals surface area (Å²) >= 11 is 7.59. The molecule has 4 heteroatoms. The number of aromatic nitrogens is 1. The van der Waals surface area contributed by atoms with Crippen molar-refractivity contribution >= 4 is 22.9 Å². The van der Waals surface area contributed by atoms with Crippen LogP contribution in [-0.2, 0) is 5.88 Å². The Bertz CT molecular complexity index is 375. The highest BCUT2D eigenvalue weighted by Gasteiger charge is 2.37. The van der Waals surface area contributed by atoms with Crippen LogP contribution in [-0.4, -0.2) is 22.0 Å². The number of alkyl halides is 1. The molecule has 0 amide bonds. The molecule has 1 aromatic rings. The van der Waals surface area contributed by atoms with Crippen molar-refractivity contribution in [1.29, 1.82) is 0 Å². The van der Waals surface area contributed by atoms with Gasteiger partial charge in [-0.1, -0.05) is 6.92 Å². The maximum absolute atomic E-state index is 5.83. The molecular formula is C13H21ClN2S. The summed E-state index contributed by atoms with van der Waals surface area (Å²) < 4.78 is 0. The molecule has 17 heavy (non-hydrogen) atoms. The third-order valence-electron chi connectivity index (χ3n) is 3.72. The molecule has 0 spiro atoms. The zero-order valence-corrected chi connectivity index (χ0v) is 12.4. The minimum Gasteiger partial charge on any atom is -0.289 e. The normalized spacial score (nSPS) is 21.9. The van der Waals surface area contributed by atoms with E-state index in [1.54, 1.807) is 11.3 Å². The predicted octanol–water partition coefficient (Wildman–Crippen LogP) is 4.21. The van der Waals surface area contributed by atoms with Crippen LogP contribution in [0, 0.1) is 0 Å². The summed E-state index contributed by atoms with van der Waals surface area (Å²) in [6.07, 6.45) is 3.72. The van der Waals surface area contributed by atoms with E-state index in [4.69, 9.17) is 11.6 Å². The van der Waals surface area contributed by atoms with Crippen molar-refractivity contribution in [2.24, 2.45) is 0 Å². The summed E-state index contributed by atoms with van der Waals surface area (Å²) in [7, 11) is 0. The lowest BCUT2D eigenvalue weighted by molar-refractivity contribution is 0.112. The lowest BCUT2D eigenvalue weighted by atomic mass is 10.00. The zero-order chi connectivity index (χ0) is 12.5. The Labute approximate surface area is 113 Å². The second kappa shape index (κ2) is 5.25. The van der Waals surface area contributed by atoms with Gasteiger partial charge >= 0.3 is 0 Å². The van der Waals surface area contributed by atoms with Crippen molar-refractivity contribution in [2.75, 3.05) is 6.54 Å². The van der Waals surface area contributed by atoms with E-state index in [9.17, 15) is 0 Å². The van der Waals surface area contributed by atoms with E-state index < -0.39 is 0 Å². The van der Waals surface area contributed by atoms with Crippen molar-refractivity contribution in [3.63, 3.8) is 0 Å². The Morgan fingerprint density at radius 1 is 1.59 bits per heavy atom. The summed E-state index contributed by atoms with van der Waals surface area (Å²) in [6, 6.07) is 0.467. The molecule has 1 fully saturated rings. The van der Waals surface area contributed by atoms with Crippen LogP contribution in [0.5, 0.6) is 0 Å². The lowest BCUT2D eigenvalue weighted by Crippen LogP contribution is -2.40. The molecule has 96 valence electrons. The van der Waals surface area contributed by atoms with Gasteiger partial charge in [0.25, 0.3) is 0 Å². The third-order valence-corrected chi connectivity index (χ3v) is 4.99. The summed E-state index contributed by atoms with van der Waals surface area (Å²) in [5.41, 5.74) is 1.33. The molecule has 0 saturated carbocycles. The first-order valence-corrected chi connectivity index (χ1v) is 7.77. The summed E-state index contributed by atoms with van der Waals surface area (Å²) in [4.78, 5) is 7.27. The zero-order valence-electron chi connectivity index (χ0n) is 10.9. The van der Waals surface area contributed by atoms with E-state index in [1.165, 1.54) is 24.4 Å². The van der Waals surface area contributed by atoms with Gasteiger partial charge in [0.15, 0.2) is 0 Å². The van der Waals surface area contributed by atoms with Crippen molar-refractivity contribution in [3.05, 3.63) is 16.1 Å². The lowest BCUT2D eigenvalue weighted by Gasteiger charge is -2.37. The number of halogens is 1. The van der Waals surface area contributed by atoms with Gasteiger partial charge in [-0.2, -0.15) is 0 Å². The van der Waals surface area contributed by atoms with Gasteiger partial charge in [0.2, 0.25) is 0 Å². The highest BCUT2D eigenvalue weighted by atomic mass is 35.5. The Balaban J connectivity index is 2.21. The van der Waals surface area contributed by atoms with E-state index in [1.807, 2.05) is 0 Å². The fourth-order valence-corrected chi connectivity index (χ4v) is 4.01. The Hall–Kier alpha value is -0.120. The second-order valence-corrected chi connectivity index (χ2v) is 6.50. The fraction of sp³-hybridized carbons (Fsp3) is 0.769. The first-order chi connectivity index (χ1) is 8.08. The van der Waals surface area contributed by atoms with Crippen molar-refractivity contribution in [2.45, 2.75) is 57.5 Å². The van der Waals surface area contributed by atoms with E-state index in [2.05, 4.69) is 36.0 Å². The first-order valence-electron chi connectivity index (χ1n) is 6.35. The Kier molecular flexibility index (Phi) is 4.11. The number of hydrogen-bond donors (Lipinski definition) is 0. The number of rotatable bonds is 4. The average molecular weight is 273 g/mol. The average Bonchev–Trinajstić information content (AvgIpc) is 2.88. The molecule has 1 saturated heterocycles. The van der Waals surface area contributed by atoms with Gasteiger partial charge in [0, 0.05) is 10.9 Å². The van der Waals surface area contributed by atoms with E-state index >= 15 is 0 Å². The largest absolute Gasteiger partial charge is 0.289 e. The molecule has 1 aliphatic rings. The summed E-state index contributed by atoms with van der Waals surface area (Å²) in [6.45, 7) is 8.14. The summed E-state index contributed by atoms with van der Waals surface area (Å²) in [5.74, 6) is 0.524. The fourth-order valence-electron chi connectivity index (χ4n) is 2.77. The predicted molar refractivity (Wildman–Crippen MR) is 74.7 cm³/mol. The van der Waals surface area contributed by atoms with Crippen LogP contribution in [0.4, 0.5) is 0 Å². The standard InChI is InChI=1S/C13H21ClN2S/c1-4-11(12-15-10(8-14)9-17-12)16-7-5-6-13(16,2)3/h9,11H,4-8H2,1-3H3. The first kappa shape index (κ1) is 13.3. The highest BCUT2D eigenvalue weighted by Crippen LogP contribution is 2.38. The van der Waals surface area contributed by atoms with E-state index in [-0.39, 0.29) is 0 Å². The van der Waals surface area contributed by atoms with Gasteiger partial charge in [-0.3, -0.25) is 4.90 Å². The van der Waals surface area contributed by atoms with E-state index in [0.717, 1.165) is 12.1 Å². The SMILES string of the molecule is CCC(c1nc(CCl)cs1)N1CCCC1(C)C. The van der Waals surface area contributed by atoms with Crippen molar-refractivity contribution < 1.29 is 0 Å². The van der Waals surface area contributed by atoms with Crippen LogP contribution >= 0.6 is 22.9 Å². The molecule has 2 nitrogen and oxygen atoms in total. The van der Waals surface area contributed by atoms with Crippen LogP contribution in [0.1, 0.15) is 56.8 Å². The number of likely N-dealkylation sites (tertiary alicyclic amines) is 1. The van der Waals surface area contributed by atoms with Gasteiger partial charge in [0.05, 0.1) is 17.6 Å². The smallest absolute Gasteiger partial charge is 0.110 e. The maximum atomic E-state index is 5.83. The highest BCUT2D eigenvalue weighted by molar-refractivity contribution is 7.09.